The van der Waals surface area contributed by atoms with Gasteiger partial charge in [-0.25, -0.2) is 31.7 Å². The van der Waals surface area contributed by atoms with E-state index in [1.807, 2.05) is 0 Å². The maximum atomic E-state index is 15.1. The van der Waals surface area contributed by atoms with Crippen LogP contribution >= 0.6 is 0 Å². The molecule has 2 aromatic rings. The number of anilines is 1. The molecule has 4 rings (SSSR count). The minimum absolute atomic E-state index is 0.0787. The Bertz CT molecular complexity index is 1140. The van der Waals surface area contributed by atoms with Crippen LogP contribution < -0.4 is 20.3 Å². The highest BCUT2D eigenvalue weighted by Gasteiger charge is 2.51. The summed E-state index contributed by atoms with van der Waals surface area (Å²) in [6.07, 6.45) is -0.0352. The molecule has 3 amide bonds. The van der Waals surface area contributed by atoms with E-state index in [2.05, 4.69) is 15.6 Å². The number of methoxy groups -OCH3 is 1. The number of nitrogens with zero attached hydrogens (tertiary/aromatic N) is 2. The van der Waals surface area contributed by atoms with E-state index >= 15 is 8.78 Å². The fraction of sp³-hybridized carbons (Fsp3) is 0.480. The van der Waals surface area contributed by atoms with E-state index in [0.717, 1.165) is 23.1 Å². The number of ether oxygens (including phenoxy) is 1. The summed E-state index contributed by atoms with van der Waals surface area (Å²) in [5.74, 6) is -6.02. The molecular weight excluding hydrogens is 499 g/mol. The number of amides is 3. The second-order valence-electron chi connectivity index (χ2n) is 9.33. The Hall–Kier alpha value is -3.44. The number of hydrogen-bond acceptors (Lipinski definition) is 4. The van der Waals surface area contributed by atoms with E-state index in [1.54, 1.807) is 0 Å². The molecule has 1 saturated carbocycles. The Balaban J connectivity index is 1.63. The molecule has 1 aromatic heterocycles. The Morgan fingerprint density at radius 3 is 2.30 bits per heavy atom. The third-order valence-corrected chi connectivity index (χ3v) is 7.13. The molecular formula is C25H27F5N4O3. The summed E-state index contributed by atoms with van der Waals surface area (Å²) in [4.78, 5) is 31.2. The number of hydrogen-bond donors (Lipinski definition) is 2. The highest BCUT2D eigenvalue weighted by atomic mass is 19.3. The molecule has 1 aliphatic heterocycles. The number of rotatable bonds is 6. The van der Waals surface area contributed by atoms with Gasteiger partial charge in [0.2, 0.25) is 6.43 Å². The van der Waals surface area contributed by atoms with Gasteiger partial charge in [-0.05, 0) is 44.7 Å². The molecule has 0 spiro atoms. The number of nitrogens with one attached hydrogen (secondary N) is 2. The Kier molecular flexibility index (Phi) is 7.84. The van der Waals surface area contributed by atoms with Crippen LogP contribution in [-0.4, -0.2) is 48.6 Å². The summed E-state index contributed by atoms with van der Waals surface area (Å²) in [6.45, 7) is 1.48. The molecule has 3 atom stereocenters. The minimum atomic E-state index is -2.43. The van der Waals surface area contributed by atoms with Crippen molar-refractivity contribution in [3.63, 3.8) is 0 Å². The van der Waals surface area contributed by atoms with Gasteiger partial charge in [0.1, 0.15) is 23.4 Å². The van der Waals surface area contributed by atoms with E-state index in [4.69, 9.17) is 4.74 Å². The van der Waals surface area contributed by atoms with Crippen LogP contribution in [0.4, 0.5) is 32.6 Å². The fourth-order valence-corrected chi connectivity index (χ4v) is 5.24. The lowest BCUT2D eigenvalue weighted by Gasteiger charge is -2.29. The monoisotopic (exact) mass is 526 g/mol. The Labute approximate surface area is 210 Å². The van der Waals surface area contributed by atoms with Gasteiger partial charge in [-0.3, -0.25) is 9.69 Å². The lowest BCUT2D eigenvalue weighted by molar-refractivity contribution is -0.118. The summed E-state index contributed by atoms with van der Waals surface area (Å²) in [7, 11) is 1.24. The van der Waals surface area contributed by atoms with Crippen molar-refractivity contribution in [3.8, 4) is 5.75 Å². The molecule has 2 N–H and O–H groups in total. The summed E-state index contributed by atoms with van der Waals surface area (Å²) < 4.78 is 75.6. The van der Waals surface area contributed by atoms with E-state index in [9.17, 15) is 22.8 Å². The van der Waals surface area contributed by atoms with Gasteiger partial charge in [-0.2, -0.15) is 0 Å². The lowest BCUT2D eigenvalue weighted by atomic mass is 9.86. The molecule has 0 radical (unpaired) electrons. The maximum Gasteiger partial charge on any atom is 0.315 e. The van der Waals surface area contributed by atoms with Crippen LogP contribution in [0.2, 0.25) is 0 Å². The van der Waals surface area contributed by atoms with Crippen molar-refractivity contribution in [1.29, 1.82) is 0 Å². The second kappa shape index (κ2) is 10.9. The van der Waals surface area contributed by atoms with Crippen molar-refractivity contribution in [1.82, 2.24) is 15.6 Å². The second-order valence-corrected chi connectivity index (χ2v) is 9.33. The zero-order chi connectivity index (χ0) is 26.9. The average molecular weight is 527 g/mol. The SMILES string of the molecule is COc1cc(F)c([C@H]2[C@H](NC(=O)NC3CCC(C(F)F)CC3)C(=O)N(c3ncccc3F)[C@H]2C)c(F)c1. The Morgan fingerprint density at radius 1 is 1.08 bits per heavy atom. The van der Waals surface area contributed by atoms with Crippen LogP contribution in [0, 0.1) is 23.4 Å². The zero-order valence-electron chi connectivity index (χ0n) is 20.2. The third kappa shape index (κ3) is 5.33. The summed E-state index contributed by atoms with van der Waals surface area (Å²) in [5, 5.41) is 5.15. The predicted octanol–water partition coefficient (Wildman–Crippen LogP) is 4.52. The van der Waals surface area contributed by atoms with Gasteiger partial charge >= 0.3 is 6.03 Å². The molecule has 37 heavy (non-hydrogen) atoms. The topological polar surface area (TPSA) is 83.6 Å². The first-order valence-corrected chi connectivity index (χ1v) is 11.9. The van der Waals surface area contributed by atoms with Crippen LogP contribution in [0.1, 0.15) is 44.1 Å². The molecule has 2 heterocycles. The third-order valence-electron chi connectivity index (χ3n) is 7.13. The van der Waals surface area contributed by atoms with Crippen LogP contribution in [0.25, 0.3) is 0 Å². The molecule has 2 aliphatic rings. The summed E-state index contributed by atoms with van der Waals surface area (Å²) in [6, 6.07) is 0.670. The lowest BCUT2D eigenvalue weighted by Crippen LogP contribution is -2.51. The number of carbonyl (C=O) groups is 2. The number of aromatic nitrogens is 1. The van der Waals surface area contributed by atoms with Crippen LogP contribution in [0.3, 0.4) is 0 Å². The molecule has 7 nitrogen and oxygen atoms in total. The molecule has 0 unspecified atom stereocenters. The van der Waals surface area contributed by atoms with Gasteiger partial charge in [0.25, 0.3) is 5.91 Å². The first-order chi connectivity index (χ1) is 17.6. The van der Waals surface area contributed by atoms with E-state index in [1.165, 1.54) is 26.3 Å². The standard InChI is InChI=1S/C25H27F5N4O3/c1-12-19(20-17(27)10-15(37-2)11-18(20)28)21(24(35)34(12)23-16(26)4-3-9-31-23)33-25(36)32-14-7-5-13(6-8-14)22(29)30/h3-4,9-14,19,21-22H,5-8H2,1-2H3,(H2,32,33,36)/t12-,13?,14?,19-,21-/m0/s1. The molecule has 0 bridgehead atoms. The number of carbonyl (C=O) groups excluding carboxylic acids is 2. The first-order valence-electron chi connectivity index (χ1n) is 11.9. The molecule has 200 valence electrons. The molecule has 1 saturated heterocycles. The maximum absolute atomic E-state index is 15.1. The van der Waals surface area contributed by atoms with Gasteiger partial charge < -0.3 is 15.4 Å². The normalized spacial score (nSPS) is 25.9. The van der Waals surface area contributed by atoms with Crippen molar-refractivity contribution in [2.45, 2.75) is 63.1 Å². The van der Waals surface area contributed by atoms with E-state index in [0.29, 0.717) is 12.8 Å². The Morgan fingerprint density at radius 2 is 1.73 bits per heavy atom. The van der Waals surface area contributed by atoms with Crippen LogP contribution in [0.5, 0.6) is 5.75 Å². The molecule has 2 fully saturated rings. The van der Waals surface area contributed by atoms with E-state index in [-0.39, 0.29) is 24.4 Å². The van der Waals surface area contributed by atoms with Gasteiger partial charge in [0.05, 0.1) is 7.11 Å². The van der Waals surface area contributed by atoms with Crippen molar-refractivity contribution in [3.05, 3.63) is 53.5 Å². The number of benzene rings is 1. The summed E-state index contributed by atoms with van der Waals surface area (Å²) in [5.41, 5.74) is -0.469. The number of halogens is 5. The predicted molar refractivity (Wildman–Crippen MR) is 124 cm³/mol. The van der Waals surface area contributed by atoms with Crippen molar-refractivity contribution < 1.29 is 36.3 Å². The van der Waals surface area contributed by atoms with Crippen LogP contribution in [-0.2, 0) is 4.79 Å². The number of alkyl halides is 2. The molecule has 1 aromatic carbocycles. The minimum Gasteiger partial charge on any atom is -0.497 e. The van der Waals surface area contributed by atoms with E-state index < -0.39 is 71.3 Å². The van der Waals surface area contributed by atoms with Crippen molar-refractivity contribution in [2.75, 3.05) is 12.0 Å². The van der Waals surface area contributed by atoms with Crippen LogP contribution in [0.15, 0.2) is 30.5 Å². The first kappa shape index (κ1) is 26.6. The van der Waals surface area contributed by atoms with Gasteiger partial charge in [0, 0.05) is 47.8 Å². The number of urea groups is 1. The number of pyridine rings is 1. The highest BCUT2D eigenvalue weighted by Crippen LogP contribution is 2.41. The van der Waals surface area contributed by atoms with Gasteiger partial charge in [-0.1, -0.05) is 0 Å². The quantitative estimate of drug-likeness (QED) is 0.543. The van der Waals surface area contributed by atoms with Gasteiger partial charge in [0.15, 0.2) is 11.6 Å². The van der Waals surface area contributed by atoms with Crippen molar-refractivity contribution in [2.24, 2.45) is 5.92 Å². The zero-order valence-corrected chi connectivity index (χ0v) is 20.2. The summed E-state index contributed by atoms with van der Waals surface area (Å²) >= 11 is 0. The van der Waals surface area contributed by atoms with Gasteiger partial charge in [-0.15, -0.1) is 0 Å². The fourth-order valence-electron chi connectivity index (χ4n) is 5.24. The largest absolute Gasteiger partial charge is 0.497 e. The smallest absolute Gasteiger partial charge is 0.315 e. The van der Waals surface area contributed by atoms with Crippen molar-refractivity contribution >= 4 is 17.8 Å². The average Bonchev–Trinajstić information content (AvgIpc) is 3.08. The molecule has 1 aliphatic carbocycles. The highest BCUT2D eigenvalue weighted by molar-refractivity contribution is 6.02. The molecule has 12 heteroatoms.